The molecule has 2 amide bonds. The maximum Gasteiger partial charge on any atom is 0.338 e. The van der Waals surface area contributed by atoms with E-state index in [2.05, 4.69) is 0 Å². The molecule has 33 heavy (non-hydrogen) atoms. The number of Topliss-reactive ketones (excluding diaryl/α,β-unsaturated/α-hetero) is 1. The molecule has 9 heteroatoms. The zero-order valence-corrected chi connectivity index (χ0v) is 17.2. The van der Waals surface area contributed by atoms with Gasteiger partial charge in [-0.05, 0) is 54.7 Å². The van der Waals surface area contributed by atoms with E-state index in [1.165, 1.54) is 53.4 Å². The number of anilines is 1. The molecule has 2 aliphatic carbocycles. The largest absolute Gasteiger partial charge is 0.454 e. The van der Waals surface area contributed by atoms with E-state index in [1.807, 2.05) is 12.2 Å². The fourth-order valence-corrected chi connectivity index (χ4v) is 4.97. The summed E-state index contributed by atoms with van der Waals surface area (Å²) in [4.78, 5) is 61.6. The van der Waals surface area contributed by atoms with Gasteiger partial charge in [0.25, 0.3) is 5.69 Å². The maximum atomic E-state index is 12.9. The second kappa shape index (κ2) is 7.77. The first kappa shape index (κ1) is 20.7. The lowest BCUT2D eigenvalue weighted by atomic mass is 9.85. The molecule has 5 rings (SSSR count). The lowest BCUT2D eigenvalue weighted by Crippen LogP contribution is -2.32. The zero-order valence-electron chi connectivity index (χ0n) is 17.2. The molecule has 0 aromatic heterocycles. The number of rotatable bonds is 6. The highest BCUT2D eigenvalue weighted by Crippen LogP contribution is 2.53. The number of nitro groups is 1. The van der Waals surface area contributed by atoms with Crippen LogP contribution in [0.5, 0.6) is 0 Å². The van der Waals surface area contributed by atoms with Crippen LogP contribution in [-0.4, -0.2) is 35.1 Å². The average molecular weight is 446 g/mol. The summed E-state index contributed by atoms with van der Waals surface area (Å²) < 4.78 is 5.05. The van der Waals surface area contributed by atoms with Crippen LogP contribution >= 0.6 is 0 Å². The summed E-state index contributed by atoms with van der Waals surface area (Å²) >= 11 is 0. The van der Waals surface area contributed by atoms with Crippen molar-refractivity contribution in [2.24, 2.45) is 23.7 Å². The van der Waals surface area contributed by atoms with Crippen molar-refractivity contribution in [3.8, 4) is 0 Å². The van der Waals surface area contributed by atoms with Gasteiger partial charge in [-0.1, -0.05) is 12.2 Å². The van der Waals surface area contributed by atoms with Crippen molar-refractivity contribution in [1.29, 1.82) is 0 Å². The summed E-state index contributed by atoms with van der Waals surface area (Å²) in [7, 11) is 0. The van der Waals surface area contributed by atoms with Crippen LogP contribution < -0.4 is 4.90 Å². The Labute approximate surface area is 187 Å². The van der Waals surface area contributed by atoms with E-state index in [4.69, 9.17) is 4.74 Å². The first-order valence-electron chi connectivity index (χ1n) is 10.5. The number of hydrogen-bond acceptors (Lipinski definition) is 7. The van der Waals surface area contributed by atoms with Gasteiger partial charge in [0.2, 0.25) is 11.8 Å². The molecule has 3 aliphatic rings. The molecule has 0 spiro atoms. The van der Waals surface area contributed by atoms with Gasteiger partial charge < -0.3 is 4.74 Å². The van der Waals surface area contributed by atoms with E-state index >= 15 is 0 Å². The van der Waals surface area contributed by atoms with Gasteiger partial charge in [-0.15, -0.1) is 0 Å². The van der Waals surface area contributed by atoms with Crippen molar-refractivity contribution in [3.05, 3.63) is 81.9 Å². The van der Waals surface area contributed by atoms with E-state index in [0.29, 0.717) is 5.69 Å². The lowest BCUT2D eigenvalue weighted by molar-refractivity contribution is -0.384. The van der Waals surface area contributed by atoms with Crippen molar-refractivity contribution in [2.75, 3.05) is 11.5 Å². The third kappa shape index (κ3) is 3.42. The molecule has 2 bridgehead atoms. The van der Waals surface area contributed by atoms with Crippen LogP contribution in [0.2, 0.25) is 0 Å². The van der Waals surface area contributed by atoms with Crippen molar-refractivity contribution in [1.82, 2.24) is 0 Å². The molecule has 2 aromatic rings. The van der Waals surface area contributed by atoms with Crippen LogP contribution in [-0.2, 0) is 14.3 Å². The molecule has 1 heterocycles. The molecule has 1 saturated heterocycles. The number of benzene rings is 2. The van der Waals surface area contributed by atoms with Gasteiger partial charge in [0.05, 0.1) is 28.0 Å². The van der Waals surface area contributed by atoms with Crippen LogP contribution in [0.3, 0.4) is 0 Å². The summed E-state index contributed by atoms with van der Waals surface area (Å²) in [5.74, 6) is -2.03. The molecular formula is C24H18N2O7. The average Bonchev–Trinajstić information content (AvgIpc) is 3.51. The van der Waals surface area contributed by atoms with Crippen LogP contribution in [0.1, 0.15) is 27.1 Å². The Balaban J connectivity index is 1.22. The molecule has 1 aliphatic heterocycles. The molecule has 0 N–H and O–H groups in total. The zero-order chi connectivity index (χ0) is 23.3. The van der Waals surface area contributed by atoms with E-state index in [1.54, 1.807) is 0 Å². The number of non-ortho nitro benzene ring substituents is 1. The number of carbonyl (C=O) groups excluding carboxylic acids is 4. The van der Waals surface area contributed by atoms with Gasteiger partial charge in [-0.3, -0.25) is 29.4 Å². The molecule has 9 nitrogen and oxygen atoms in total. The Kier molecular flexibility index (Phi) is 4.88. The number of imide groups is 1. The minimum Gasteiger partial charge on any atom is -0.454 e. The molecule has 4 atom stereocenters. The number of nitro benzene ring substituents is 1. The highest BCUT2D eigenvalue weighted by atomic mass is 16.6. The van der Waals surface area contributed by atoms with Crippen molar-refractivity contribution in [2.45, 2.75) is 6.42 Å². The SMILES string of the molecule is O=C(COC(=O)c1ccc(N2C(=O)[C@@H]3[C@H](C2=O)[C@@H]2C=C[C@H]3C2)cc1)c1ccc([N+](=O)[O-])cc1. The van der Waals surface area contributed by atoms with Crippen LogP contribution in [0.4, 0.5) is 11.4 Å². The smallest absolute Gasteiger partial charge is 0.338 e. The molecule has 1 saturated carbocycles. The van der Waals surface area contributed by atoms with Crippen LogP contribution in [0, 0.1) is 33.8 Å². The second-order valence-corrected chi connectivity index (χ2v) is 8.36. The highest BCUT2D eigenvalue weighted by Gasteiger charge is 2.59. The minimum atomic E-state index is -0.741. The molecular weight excluding hydrogens is 428 g/mol. The third-order valence-corrected chi connectivity index (χ3v) is 6.57. The van der Waals surface area contributed by atoms with Crippen molar-refractivity contribution >= 4 is 34.9 Å². The fraction of sp³-hybridized carbons (Fsp3) is 0.250. The number of ether oxygens (including phenoxy) is 1. The number of allylic oxidation sites excluding steroid dienone is 2. The van der Waals surface area contributed by atoms with Gasteiger partial charge in [-0.2, -0.15) is 0 Å². The molecule has 2 aromatic carbocycles. The van der Waals surface area contributed by atoms with Crippen LogP contribution in [0.15, 0.2) is 60.7 Å². The normalized spacial score (nSPS) is 24.8. The summed E-state index contributed by atoms with van der Waals surface area (Å²) in [6.07, 6.45) is 4.90. The summed E-state index contributed by atoms with van der Waals surface area (Å²) in [5.41, 5.74) is 0.600. The standard InChI is InChI=1S/C24H18N2O7/c27-19(13-3-9-18(10-4-13)26(31)32)12-33-24(30)14-5-7-17(8-6-14)25-22(28)20-15-1-2-16(11-15)21(20)23(25)29/h1-10,15-16,20-21H,11-12H2/t15-,16+,20-,21+. The number of ketones is 1. The highest BCUT2D eigenvalue weighted by molar-refractivity contribution is 6.22. The summed E-state index contributed by atoms with van der Waals surface area (Å²) in [6.45, 7) is -0.527. The quantitative estimate of drug-likeness (QED) is 0.167. The lowest BCUT2D eigenvalue weighted by Gasteiger charge is -2.17. The number of nitrogens with zero attached hydrogens (tertiary/aromatic N) is 2. The summed E-state index contributed by atoms with van der Waals surface area (Å²) in [5, 5.41) is 10.7. The van der Waals surface area contributed by atoms with Gasteiger partial charge in [-0.25, -0.2) is 4.79 Å². The molecule has 2 fully saturated rings. The van der Waals surface area contributed by atoms with E-state index in [9.17, 15) is 29.3 Å². The second-order valence-electron chi connectivity index (χ2n) is 8.36. The number of carbonyl (C=O) groups is 4. The minimum absolute atomic E-state index is 0.115. The first-order chi connectivity index (χ1) is 15.8. The maximum absolute atomic E-state index is 12.9. The van der Waals surface area contributed by atoms with Gasteiger partial charge >= 0.3 is 5.97 Å². The Bertz CT molecular complexity index is 1190. The van der Waals surface area contributed by atoms with Crippen LogP contribution in [0.25, 0.3) is 0 Å². The van der Waals surface area contributed by atoms with Gasteiger partial charge in [0.15, 0.2) is 12.4 Å². The van der Waals surface area contributed by atoms with Gasteiger partial charge in [0, 0.05) is 17.7 Å². The third-order valence-electron chi connectivity index (χ3n) is 6.57. The first-order valence-corrected chi connectivity index (χ1v) is 10.5. The van der Waals surface area contributed by atoms with Gasteiger partial charge in [0.1, 0.15) is 0 Å². The predicted molar refractivity (Wildman–Crippen MR) is 114 cm³/mol. The fourth-order valence-electron chi connectivity index (χ4n) is 4.97. The Morgan fingerprint density at radius 1 is 0.909 bits per heavy atom. The molecule has 0 radical (unpaired) electrons. The number of fused-ring (bicyclic) bond motifs is 5. The molecule has 166 valence electrons. The van der Waals surface area contributed by atoms with E-state index in [-0.39, 0.29) is 52.3 Å². The van der Waals surface area contributed by atoms with E-state index in [0.717, 1.165) is 6.42 Å². The topological polar surface area (TPSA) is 124 Å². The number of amides is 2. The molecule has 0 unspecified atom stereocenters. The monoisotopic (exact) mass is 446 g/mol. The Morgan fingerprint density at radius 3 is 2.00 bits per heavy atom. The van der Waals surface area contributed by atoms with E-state index < -0.39 is 23.3 Å². The Morgan fingerprint density at radius 2 is 1.45 bits per heavy atom. The summed E-state index contributed by atoms with van der Waals surface area (Å²) in [6, 6.07) is 10.9. The predicted octanol–water partition coefficient (Wildman–Crippen LogP) is 2.95. The van der Waals surface area contributed by atoms with Crippen molar-refractivity contribution < 1.29 is 28.8 Å². The number of esters is 1. The van der Waals surface area contributed by atoms with Crippen molar-refractivity contribution in [3.63, 3.8) is 0 Å². The number of hydrogen-bond donors (Lipinski definition) is 0. The Hall–Kier alpha value is -4.14.